The summed E-state index contributed by atoms with van der Waals surface area (Å²) in [5.74, 6) is 0. The molecule has 0 fully saturated rings. The highest BCUT2D eigenvalue weighted by Crippen LogP contribution is 2.40. The van der Waals surface area contributed by atoms with E-state index in [9.17, 15) is 13.2 Å². The Hall–Kier alpha value is -1.83. The molecule has 0 aliphatic rings. The third-order valence-corrected chi connectivity index (χ3v) is 6.27. The van der Waals surface area contributed by atoms with Crippen LogP contribution in [0.1, 0.15) is 5.56 Å². The summed E-state index contributed by atoms with van der Waals surface area (Å²) in [5.41, 5.74) is -0.672. The summed E-state index contributed by atoms with van der Waals surface area (Å²) in [7, 11) is -1.32. The lowest BCUT2D eigenvalue weighted by atomic mass is 10.2. The molecule has 0 amide bonds. The van der Waals surface area contributed by atoms with Gasteiger partial charge in [-0.1, -0.05) is 78.3 Å². The van der Waals surface area contributed by atoms with Crippen molar-refractivity contribution in [1.82, 2.24) is 0 Å². The number of halogens is 4. The molecule has 122 valence electrons. The Morgan fingerprint density at radius 1 is 0.708 bits per heavy atom. The van der Waals surface area contributed by atoms with Gasteiger partial charge in [0.2, 0.25) is 0 Å². The highest BCUT2D eigenvalue weighted by atomic mass is 35.5. The van der Waals surface area contributed by atoms with Crippen LogP contribution in [0.2, 0.25) is 5.02 Å². The van der Waals surface area contributed by atoms with E-state index in [2.05, 4.69) is 0 Å². The van der Waals surface area contributed by atoms with Crippen molar-refractivity contribution in [3.8, 4) is 0 Å². The molecule has 5 heteroatoms. The number of alkyl halides is 3. The van der Waals surface area contributed by atoms with Crippen LogP contribution in [0.4, 0.5) is 13.2 Å². The van der Waals surface area contributed by atoms with Gasteiger partial charge >= 0.3 is 6.18 Å². The third kappa shape index (κ3) is 3.63. The Morgan fingerprint density at radius 2 is 1.21 bits per heavy atom. The van der Waals surface area contributed by atoms with Crippen molar-refractivity contribution in [2.75, 3.05) is 0 Å². The van der Waals surface area contributed by atoms with Gasteiger partial charge in [0.1, 0.15) is 0 Å². The van der Waals surface area contributed by atoms with Crippen LogP contribution in [0.25, 0.3) is 0 Å². The molecule has 0 aliphatic carbocycles. The molecule has 0 bridgehead atoms. The van der Waals surface area contributed by atoms with E-state index >= 15 is 0 Å². The molecule has 3 aromatic carbocycles. The SMILES string of the molecule is FC(F)(F)c1cc(Cl)ccc1P(c1ccccc1)c1ccccc1. The molecule has 0 atom stereocenters. The second kappa shape index (κ2) is 6.96. The Bertz CT molecular complexity index is 778. The fourth-order valence-electron chi connectivity index (χ4n) is 2.51. The molecular formula is C19H13ClF3P. The minimum atomic E-state index is -4.45. The Balaban J connectivity index is 2.25. The van der Waals surface area contributed by atoms with E-state index in [1.54, 1.807) is 0 Å². The molecule has 0 spiro atoms. The second-order valence-electron chi connectivity index (χ2n) is 5.17. The van der Waals surface area contributed by atoms with Crippen molar-refractivity contribution in [1.29, 1.82) is 0 Å². The van der Waals surface area contributed by atoms with E-state index in [1.165, 1.54) is 12.1 Å². The van der Waals surface area contributed by atoms with Gasteiger partial charge in [0.15, 0.2) is 0 Å². The van der Waals surface area contributed by atoms with Gasteiger partial charge in [-0.2, -0.15) is 13.2 Å². The molecule has 0 heterocycles. The first-order chi connectivity index (χ1) is 11.5. The van der Waals surface area contributed by atoms with Gasteiger partial charge in [-0.3, -0.25) is 0 Å². The topological polar surface area (TPSA) is 0 Å². The van der Waals surface area contributed by atoms with Crippen LogP contribution in [0.3, 0.4) is 0 Å². The maximum absolute atomic E-state index is 13.6. The van der Waals surface area contributed by atoms with Crippen molar-refractivity contribution in [3.63, 3.8) is 0 Å². The lowest BCUT2D eigenvalue weighted by Crippen LogP contribution is -2.26. The standard InChI is InChI=1S/C19H13ClF3P/c20-14-11-12-18(17(13-14)19(21,22)23)24(15-7-3-1-4-8-15)16-9-5-2-6-10-16/h1-13H. The second-order valence-corrected chi connectivity index (χ2v) is 7.79. The molecule has 24 heavy (non-hydrogen) atoms. The first-order valence-corrected chi connectivity index (χ1v) is 8.96. The first-order valence-electron chi connectivity index (χ1n) is 7.24. The number of hydrogen-bond acceptors (Lipinski definition) is 0. The Morgan fingerprint density at radius 3 is 1.67 bits per heavy atom. The highest BCUT2D eigenvalue weighted by Gasteiger charge is 2.36. The minimum Gasteiger partial charge on any atom is -0.166 e. The van der Waals surface area contributed by atoms with E-state index in [4.69, 9.17) is 11.6 Å². The van der Waals surface area contributed by atoms with E-state index in [0.717, 1.165) is 16.7 Å². The van der Waals surface area contributed by atoms with Gasteiger partial charge in [-0.25, -0.2) is 0 Å². The highest BCUT2D eigenvalue weighted by molar-refractivity contribution is 7.79. The molecular weight excluding hydrogens is 352 g/mol. The van der Waals surface area contributed by atoms with E-state index in [1.807, 2.05) is 60.7 Å². The minimum absolute atomic E-state index is 0.0853. The summed E-state index contributed by atoms with van der Waals surface area (Å²) in [6.07, 6.45) is -4.45. The van der Waals surface area contributed by atoms with Crippen molar-refractivity contribution < 1.29 is 13.2 Å². The monoisotopic (exact) mass is 364 g/mol. The zero-order chi connectivity index (χ0) is 17.2. The van der Waals surface area contributed by atoms with Gasteiger partial charge in [0, 0.05) is 5.02 Å². The van der Waals surface area contributed by atoms with Crippen LogP contribution in [-0.2, 0) is 6.18 Å². The van der Waals surface area contributed by atoms with Crippen LogP contribution < -0.4 is 15.9 Å². The summed E-state index contributed by atoms with van der Waals surface area (Å²) in [4.78, 5) is 0. The largest absolute Gasteiger partial charge is 0.417 e. The molecule has 0 N–H and O–H groups in total. The molecule has 0 saturated carbocycles. The third-order valence-electron chi connectivity index (χ3n) is 3.53. The average molecular weight is 365 g/mol. The average Bonchev–Trinajstić information content (AvgIpc) is 2.57. The normalized spacial score (nSPS) is 11.7. The van der Waals surface area contributed by atoms with Crippen molar-refractivity contribution in [2.45, 2.75) is 6.18 Å². The fraction of sp³-hybridized carbons (Fsp3) is 0.0526. The Kier molecular flexibility index (Phi) is 4.93. The van der Waals surface area contributed by atoms with Crippen molar-refractivity contribution in [3.05, 3.63) is 89.4 Å². The summed E-state index contributed by atoms with van der Waals surface area (Å²) in [5, 5.41) is 2.08. The van der Waals surface area contributed by atoms with E-state index < -0.39 is 19.7 Å². The molecule has 3 aromatic rings. The van der Waals surface area contributed by atoms with Gasteiger partial charge in [-0.15, -0.1) is 0 Å². The van der Waals surface area contributed by atoms with Gasteiger partial charge in [0.05, 0.1) is 5.56 Å². The molecule has 0 aromatic heterocycles. The zero-order valence-corrected chi connectivity index (χ0v) is 14.1. The van der Waals surface area contributed by atoms with E-state index in [-0.39, 0.29) is 10.3 Å². The smallest absolute Gasteiger partial charge is 0.166 e. The lowest BCUT2D eigenvalue weighted by Gasteiger charge is -2.23. The Labute approximate surface area is 144 Å². The molecule has 0 saturated heterocycles. The quantitative estimate of drug-likeness (QED) is 0.566. The molecule has 0 nitrogen and oxygen atoms in total. The molecule has 0 aliphatic heterocycles. The summed E-state index contributed by atoms with van der Waals surface area (Å²) >= 11 is 5.83. The van der Waals surface area contributed by atoms with Gasteiger partial charge in [-0.05, 0) is 36.0 Å². The number of benzene rings is 3. The zero-order valence-electron chi connectivity index (χ0n) is 12.5. The van der Waals surface area contributed by atoms with Gasteiger partial charge < -0.3 is 0 Å². The molecule has 3 rings (SSSR count). The van der Waals surface area contributed by atoms with Crippen molar-refractivity contribution in [2.24, 2.45) is 0 Å². The number of hydrogen-bond donors (Lipinski definition) is 0. The van der Waals surface area contributed by atoms with Crippen LogP contribution in [0.5, 0.6) is 0 Å². The summed E-state index contributed by atoms with van der Waals surface area (Å²) in [6.45, 7) is 0. The van der Waals surface area contributed by atoms with Crippen molar-refractivity contribution >= 4 is 35.4 Å². The summed E-state index contributed by atoms with van der Waals surface area (Å²) in [6, 6.07) is 22.6. The van der Waals surface area contributed by atoms with Crippen LogP contribution in [0, 0.1) is 0 Å². The molecule has 0 radical (unpaired) electrons. The van der Waals surface area contributed by atoms with Crippen LogP contribution in [-0.4, -0.2) is 0 Å². The predicted molar refractivity (Wildman–Crippen MR) is 95.2 cm³/mol. The predicted octanol–water partition coefficient (Wildman–Crippen LogP) is 5.12. The maximum Gasteiger partial charge on any atom is 0.417 e. The van der Waals surface area contributed by atoms with Gasteiger partial charge in [0.25, 0.3) is 0 Å². The van der Waals surface area contributed by atoms with Crippen LogP contribution >= 0.6 is 19.5 Å². The maximum atomic E-state index is 13.6. The van der Waals surface area contributed by atoms with Crippen LogP contribution in [0.15, 0.2) is 78.9 Å². The number of rotatable bonds is 3. The first kappa shape index (κ1) is 17.0. The van der Waals surface area contributed by atoms with E-state index in [0.29, 0.717) is 0 Å². The lowest BCUT2D eigenvalue weighted by molar-refractivity contribution is -0.136. The fourth-order valence-corrected chi connectivity index (χ4v) is 5.13. The molecule has 0 unspecified atom stereocenters. The summed E-state index contributed by atoms with van der Waals surface area (Å²) < 4.78 is 40.7.